The molecule has 0 aromatic carbocycles. The minimum absolute atomic E-state index is 0.613. The van der Waals surface area contributed by atoms with Crippen LogP contribution in [-0.4, -0.2) is 63.8 Å². The Hall–Kier alpha value is -0.810. The molecule has 0 bridgehead atoms. The fourth-order valence-corrected chi connectivity index (χ4v) is 2.95. The molecule has 0 aromatic rings. The molecule has 0 atom stereocenters. The molecular formula is C19H40N4O. The average molecular weight is 341 g/mol. The fraction of sp³-hybridized carbons (Fsp3) is 0.947. The second-order valence-electron chi connectivity index (χ2n) is 7.21. The van der Waals surface area contributed by atoms with Crippen LogP contribution in [0.3, 0.4) is 0 Å². The molecule has 1 aliphatic rings. The van der Waals surface area contributed by atoms with Crippen molar-refractivity contribution in [1.29, 1.82) is 0 Å². The maximum Gasteiger partial charge on any atom is 0.190 e. The third-order valence-electron chi connectivity index (χ3n) is 4.32. The minimum Gasteiger partial charge on any atom is -0.381 e. The van der Waals surface area contributed by atoms with Gasteiger partial charge in [-0.05, 0) is 57.7 Å². The summed E-state index contributed by atoms with van der Waals surface area (Å²) in [6.45, 7) is 11.8. The number of nitrogens with one attached hydrogen (secondary N) is 2. The molecule has 5 nitrogen and oxygen atoms in total. The van der Waals surface area contributed by atoms with Crippen LogP contribution in [0, 0.1) is 5.92 Å². The Labute approximate surface area is 149 Å². The lowest BCUT2D eigenvalue weighted by molar-refractivity contribution is 0.108. The molecule has 0 saturated carbocycles. The van der Waals surface area contributed by atoms with Gasteiger partial charge in [0.1, 0.15) is 0 Å². The van der Waals surface area contributed by atoms with Gasteiger partial charge in [-0.25, -0.2) is 0 Å². The van der Waals surface area contributed by atoms with E-state index in [0.29, 0.717) is 5.92 Å². The molecule has 1 heterocycles. The predicted molar refractivity (Wildman–Crippen MR) is 104 cm³/mol. The maximum atomic E-state index is 5.58. The Morgan fingerprint density at radius 3 is 2.38 bits per heavy atom. The smallest absolute Gasteiger partial charge is 0.190 e. The third-order valence-corrected chi connectivity index (χ3v) is 4.32. The standard InChI is InChI=1S/C19H40N4O/c1-18(2)17-24-16-10-12-22-19(20-3)21-11-6-4-7-13-23-14-8-5-9-15-23/h18H,4-17H2,1-3H3,(H2,20,21,22). The first-order valence-electron chi connectivity index (χ1n) is 9.97. The van der Waals surface area contributed by atoms with Gasteiger partial charge in [0, 0.05) is 33.4 Å². The zero-order valence-corrected chi connectivity index (χ0v) is 16.3. The lowest BCUT2D eigenvalue weighted by Crippen LogP contribution is -2.38. The molecule has 0 aliphatic carbocycles. The second-order valence-corrected chi connectivity index (χ2v) is 7.21. The van der Waals surface area contributed by atoms with Gasteiger partial charge in [0.2, 0.25) is 0 Å². The van der Waals surface area contributed by atoms with Crippen LogP contribution in [0.4, 0.5) is 0 Å². The predicted octanol–water partition coefficient (Wildman–Crippen LogP) is 2.87. The molecule has 0 amide bonds. The van der Waals surface area contributed by atoms with E-state index in [0.717, 1.165) is 38.7 Å². The lowest BCUT2D eigenvalue weighted by Gasteiger charge is -2.26. The van der Waals surface area contributed by atoms with Gasteiger partial charge < -0.3 is 20.3 Å². The summed E-state index contributed by atoms with van der Waals surface area (Å²) in [5, 5.41) is 6.75. The van der Waals surface area contributed by atoms with Crippen molar-refractivity contribution in [2.75, 3.05) is 53.0 Å². The van der Waals surface area contributed by atoms with Crippen LogP contribution in [0.2, 0.25) is 0 Å². The summed E-state index contributed by atoms with van der Waals surface area (Å²) < 4.78 is 5.58. The van der Waals surface area contributed by atoms with Crippen LogP contribution in [0.25, 0.3) is 0 Å². The van der Waals surface area contributed by atoms with E-state index in [1.54, 1.807) is 0 Å². The normalized spacial score (nSPS) is 16.6. The summed E-state index contributed by atoms with van der Waals surface area (Å²) in [4.78, 5) is 6.89. The van der Waals surface area contributed by atoms with E-state index in [2.05, 4.69) is 34.4 Å². The average Bonchev–Trinajstić information content (AvgIpc) is 2.59. The number of hydrogen-bond acceptors (Lipinski definition) is 3. The van der Waals surface area contributed by atoms with E-state index in [-0.39, 0.29) is 0 Å². The first-order chi connectivity index (χ1) is 11.7. The quantitative estimate of drug-likeness (QED) is 0.326. The van der Waals surface area contributed by atoms with Crippen molar-refractivity contribution in [1.82, 2.24) is 15.5 Å². The zero-order chi connectivity index (χ0) is 17.5. The topological polar surface area (TPSA) is 48.9 Å². The Morgan fingerprint density at radius 1 is 1.00 bits per heavy atom. The largest absolute Gasteiger partial charge is 0.381 e. The monoisotopic (exact) mass is 340 g/mol. The highest BCUT2D eigenvalue weighted by Crippen LogP contribution is 2.09. The van der Waals surface area contributed by atoms with Crippen LogP contribution in [0.5, 0.6) is 0 Å². The number of nitrogens with zero attached hydrogens (tertiary/aromatic N) is 2. The number of unbranched alkanes of at least 4 members (excludes halogenated alkanes) is 2. The molecule has 2 N–H and O–H groups in total. The number of piperidine rings is 1. The number of rotatable bonds is 12. The summed E-state index contributed by atoms with van der Waals surface area (Å²) in [5.74, 6) is 1.53. The van der Waals surface area contributed by atoms with Gasteiger partial charge in [-0.1, -0.05) is 26.7 Å². The van der Waals surface area contributed by atoms with E-state index < -0.39 is 0 Å². The molecule has 24 heavy (non-hydrogen) atoms. The summed E-state index contributed by atoms with van der Waals surface area (Å²) in [6.07, 6.45) is 9.06. The van der Waals surface area contributed by atoms with Crippen molar-refractivity contribution >= 4 is 5.96 Å². The molecule has 0 spiro atoms. The van der Waals surface area contributed by atoms with Gasteiger partial charge in [-0.15, -0.1) is 0 Å². The van der Waals surface area contributed by atoms with Gasteiger partial charge in [-0.3, -0.25) is 4.99 Å². The van der Waals surface area contributed by atoms with E-state index >= 15 is 0 Å². The van der Waals surface area contributed by atoms with Crippen molar-refractivity contribution in [3.63, 3.8) is 0 Å². The Morgan fingerprint density at radius 2 is 1.71 bits per heavy atom. The maximum absolute atomic E-state index is 5.58. The fourth-order valence-electron chi connectivity index (χ4n) is 2.95. The lowest BCUT2D eigenvalue weighted by atomic mass is 10.1. The molecule has 0 unspecified atom stereocenters. The van der Waals surface area contributed by atoms with Gasteiger partial charge in [0.15, 0.2) is 5.96 Å². The molecule has 1 aliphatic heterocycles. The van der Waals surface area contributed by atoms with Crippen LogP contribution < -0.4 is 10.6 Å². The minimum atomic E-state index is 0.613. The molecule has 1 rings (SSSR count). The highest BCUT2D eigenvalue weighted by atomic mass is 16.5. The van der Waals surface area contributed by atoms with Gasteiger partial charge in [-0.2, -0.15) is 0 Å². The number of guanidine groups is 1. The Balaban J connectivity index is 1.90. The third kappa shape index (κ3) is 11.7. The van der Waals surface area contributed by atoms with Crippen molar-refractivity contribution in [2.45, 2.75) is 58.8 Å². The summed E-state index contributed by atoms with van der Waals surface area (Å²) in [5.41, 5.74) is 0. The van der Waals surface area contributed by atoms with E-state index in [4.69, 9.17) is 4.74 Å². The zero-order valence-electron chi connectivity index (χ0n) is 16.3. The SMILES string of the molecule is CN=C(NCCCCCN1CCCCC1)NCCCOCC(C)C. The van der Waals surface area contributed by atoms with Gasteiger partial charge in [0.05, 0.1) is 0 Å². The highest BCUT2D eigenvalue weighted by Gasteiger charge is 2.08. The summed E-state index contributed by atoms with van der Waals surface area (Å²) >= 11 is 0. The number of likely N-dealkylation sites (tertiary alicyclic amines) is 1. The van der Waals surface area contributed by atoms with E-state index in [1.807, 2.05) is 7.05 Å². The molecule has 1 fully saturated rings. The van der Waals surface area contributed by atoms with Crippen LogP contribution in [-0.2, 0) is 4.74 Å². The molecule has 142 valence electrons. The molecular weight excluding hydrogens is 300 g/mol. The second kappa shape index (κ2) is 14.5. The van der Waals surface area contributed by atoms with Crippen LogP contribution in [0.1, 0.15) is 58.8 Å². The summed E-state index contributed by atoms with van der Waals surface area (Å²) in [6, 6.07) is 0. The van der Waals surface area contributed by atoms with Crippen LogP contribution in [0.15, 0.2) is 4.99 Å². The summed E-state index contributed by atoms with van der Waals surface area (Å²) in [7, 11) is 1.83. The van der Waals surface area contributed by atoms with Crippen LogP contribution >= 0.6 is 0 Å². The van der Waals surface area contributed by atoms with Crippen molar-refractivity contribution in [3.05, 3.63) is 0 Å². The number of ether oxygens (including phenoxy) is 1. The van der Waals surface area contributed by atoms with Gasteiger partial charge in [0.25, 0.3) is 0 Å². The molecule has 5 heteroatoms. The van der Waals surface area contributed by atoms with E-state index in [1.165, 1.54) is 58.2 Å². The Bertz CT molecular complexity index is 314. The Kier molecular flexibility index (Phi) is 12.9. The van der Waals surface area contributed by atoms with Gasteiger partial charge >= 0.3 is 0 Å². The highest BCUT2D eigenvalue weighted by molar-refractivity contribution is 5.79. The number of aliphatic imine (C=N–C) groups is 1. The molecule has 1 saturated heterocycles. The first kappa shape index (κ1) is 21.2. The van der Waals surface area contributed by atoms with Crippen molar-refractivity contribution < 1.29 is 4.74 Å². The van der Waals surface area contributed by atoms with E-state index in [9.17, 15) is 0 Å². The van der Waals surface area contributed by atoms with Crippen molar-refractivity contribution in [3.8, 4) is 0 Å². The van der Waals surface area contributed by atoms with Crippen molar-refractivity contribution in [2.24, 2.45) is 10.9 Å². The molecule has 0 radical (unpaired) electrons. The number of hydrogen-bond donors (Lipinski definition) is 2. The first-order valence-corrected chi connectivity index (χ1v) is 9.97. The molecule has 0 aromatic heterocycles.